The van der Waals surface area contributed by atoms with E-state index in [-0.39, 0.29) is 18.4 Å². The second-order valence-electron chi connectivity index (χ2n) is 4.26. The molecule has 0 heterocycles. The van der Waals surface area contributed by atoms with Gasteiger partial charge in [-0.15, -0.1) is 0 Å². The van der Waals surface area contributed by atoms with Gasteiger partial charge in [-0.1, -0.05) is 24.8 Å². The molecule has 1 N–H and O–H groups in total. The predicted octanol–water partition coefficient (Wildman–Crippen LogP) is 1.24. The highest BCUT2D eigenvalue weighted by Gasteiger charge is 2.52. The highest BCUT2D eigenvalue weighted by atomic mass is 16.5. The smallest absolute Gasteiger partial charge is 0.310 e. The number of esters is 1. The minimum atomic E-state index is -0.905. The van der Waals surface area contributed by atoms with Gasteiger partial charge in [0.1, 0.15) is 6.61 Å². The molecule has 0 aromatic rings. The van der Waals surface area contributed by atoms with Gasteiger partial charge in [-0.05, 0) is 18.3 Å². The lowest BCUT2D eigenvalue weighted by Crippen LogP contribution is -2.34. The van der Waals surface area contributed by atoms with Crippen LogP contribution in [0.5, 0.6) is 0 Å². The number of carbonyl (C=O) groups is 2. The van der Waals surface area contributed by atoms with Crippen molar-refractivity contribution in [1.29, 1.82) is 0 Å². The Bertz CT molecular complexity index is 358. The summed E-state index contributed by atoms with van der Waals surface area (Å²) in [6.07, 6.45) is 6.08. The molecule has 4 unspecified atom stereocenters. The number of carboxylic acids is 1. The van der Waals surface area contributed by atoms with Gasteiger partial charge in [0.15, 0.2) is 0 Å². The summed E-state index contributed by atoms with van der Waals surface area (Å²) >= 11 is 0. The zero-order valence-electron chi connectivity index (χ0n) is 8.83. The molecule has 1 fully saturated rings. The van der Waals surface area contributed by atoms with Crippen LogP contribution in [-0.2, 0) is 14.3 Å². The molecule has 0 aliphatic heterocycles. The molecule has 4 heteroatoms. The van der Waals surface area contributed by atoms with Crippen LogP contribution in [0.25, 0.3) is 0 Å². The van der Waals surface area contributed by atoms with E-state index in [1.807, 2.05) is 12.2 Å². The first-order valence-corrected chi connectivity index (χ1v) is 5.33. The lowest BCUT2D eigenvalue weighted by atomic mass is 9.83. The molecule has 4 atom stereocenters. The third kappa shape index (κ3) is 1.64. The summed E-state index contributed by atoms with van der Waals surface area (Å²) in [6.45, 7) is 3.60. The van der Waals surface area contributed by atoms with Crippen molar-refractivity contribution in [1.82, 2.24) is 0 Å². The van der Waals surface area contributed by atoms with Crippen molar-refractivity contribution >= 4 is 11.9 Å². The number of ether oxygens (including phenoxy) is 1. The fourth-order valence-corrected chi connectivity index (χ4v) is 2.72. The van der Waals surface area contributed by atoms with Crippen molar-refractivity contribution in [3.8, 4) is 0 Å². The maximum atomic E-state index is 11.7. The number of aliphatic carboxylic acids is 1. The van der Waals surface area contributed by atoms with Gasteiger partial charge in [0, 0.05) is 0 Å². The van der Waals surface area contributed by atoms with E-state index in [0.717, 1.165) is 6.42 Å². The number of carbonyl (C=O) groups excluding carboxylic acids is 1. The second-order valence-corrected chi connectivity index (χ2v) is 4.26. The molecule has 2 aliphatic carbocycles. The third-order valence-corrected chi connectivity index (χ3v) is 3.36. The van der Waals surface area contributed by atoms with E-state index in [4.69, 9.17) is 9.84 Å². The van der Waals surface area contributed by atoms with Crippen LogP contribution in [-0.4, -0.2) is 23.7 Å². The Morgan fingerprint density at radius 3 is 2.56 bits per heavy atom. The molecule has 0 spiro atoms. The fraction of sp³-hybridized carbons (Fsp3) is 0.500. The summed E-state index contributed by atoms with van der Waals surface area (Å²) < 4.78 is 4.95. The Morgan fingerprint density at radius 1 is 1.38 bits per heavy atom. The number of fused-ring (bicyclic) bond motifs is 2. The molecular formula is C12H14O4. The lowest BCUT2D eigenvalue weighted by molar-refractivity contribution is -0.157. The number of allylic oxidation sites excluding steroid dienone is 2. The highest BCUT2D eigenvalue weighted by Crippen LogP contribution is 2.48. The standard InChI is InChI=1S/C12H14O4/c1-2-5-16-12(15)10-8-4-3-7(6-8)9(10)11(13)14/h2-4,7-10H,1,5-6H2,(H,13,14). The molecule has 0 amide bonds. The molecule has 2 rings (SSSR count). The minimum absolute atomic E-state index is 0.0104. The molecule has 16 heavy (non-hydrogen) atoms. The van der Waals surface area contributed by atoms with Crippen molar-refractivity contribution in [2.45, 2.75) is 6.42 Å². The van der Waals surface area contributed by atoms with Gasteiger partial charge in [0.25, 0.3) is 0 Å². The first-order chi connectivity index (χ1) is 7.65. The van der Waals surface area contributed by atoms with Crippen LogP contribution >= 0.6 is 0 Å². The molecule has 1 saturated carbocycles. The van der Waals surface area contributed by atoms with E-state index >= 15 is 0 Å². The normalized spacial score (nSPS) is 35.0. The van der Waals surface area contributed by atoms with Crippen molar-refractivity contribution in [2.24, 2.45) is 23.7 Å². The molecule has 86 valence electrons. The van der Waals surface area contributed by atoms with Crippen LogP contribution in [0.4, 0.5) is 0 Å². The first-order valence-electron chi connectivity index (χ1n) is 5.33. The number of rotatable bonds is 4. The van der Waals surface area contributed by atoms with Gasteiger partial charge in [0.05, 0.1) is 11.8 Å². The summed E-state index contributed by atoms with van der Waals surface area (Å²) in [6, 6.07) is 0. The van der Waals surface area contributed by atoms with E-state index < -0.39 is 23.8 Å². The molecular weight excluding hydrogens is 208 g/mol. The topological polar surface area (TPSA) is 63.6 Å². The van der Waals surface area contributed by atoms with Gasteiger partial charge in [-0.25, -0.2) is 0 Å². The summed E-state index contributed by atoms with van der Waals surface area (Å²) in [7, 11) is 0. The quantitative estimate of drug-likeness (QED) is 0.574. The van der Waals surface area contributed by atoms with E-state index in [1.54, 1.807) is 0 Å². The summed E-state index contributed by atoms with van der Waals surface area (Å²) in [5.74, 6) is -2.44. The zero-order chi connectivity index (χ0) is 11.7. The van der Waals surface area contributed by atoms with Gasteiger partial charge < -0.3 is 9.84 Å². The Morgan fingerprint density at radius 2 is 2.00 bits per heavy atom. The maximum Gasteiger partial charge on any atom is 0.310 e. The lowest BCUT2D eigenvalue weighted by Gasteiger charge is -2.22. The Balaban J connectivity index is 2.13. The number of hydrogen-bond acceptors (Lipinski definition) is 3. The monoisotopic (exact) mass is 222 g/mol. The van der Waals surface area contributed by atoms with Gasteiger partial charge in [-0.2, -0.15) is 0 Å². The average molecular weight is 222 g/mol. The second kappa shape index (κ2) is 4.12. The molecule has 0 aromatic heterocycles. The molecule has 4 nitrogen and oxygen atoms in total. The molecule has 2 bridgehead atoms. The van der Waals surface area contributed by atoms with E-state index in [2.05, 4.69) is 6.58 Å². The van der Waals surface area contributed by atoms with Crippen molar-refractivity contribution < 1.29 is 19.4 Å². The summed E-state index contributed by atoms with van der Waals surface area (Å²) in [4.78, 5) is 22.9. The van der Waals surface area contributed by atoms with Crippen LogP contribution < -0.4 is 0 Å². The molecule has 0 aromatic carbocycles. The van der Waals surface area contributed by atoms with Gasteiger partial charge in [-0.3, -0.25) is 9.59 Å². The molecule has 2 aliphatic rings. The Kier molecular flexibility index (Phi) is 2.81. The van der Waals surface area contributed by atoms with Crippen LogP contribution in [0.1, 0.15) is 6.42 Å². The van der Waals surface area contributed by atoms with Crippen LogP contribution in [0, 0.1) is 23.7 Å². The SMILES string of the molecule is C=CCOC(=O)C1C2C=CC(C2)C1C(=O)O. The number of carboxylic acid groups (broad SMARTS) is 1. The van der Waals surface area contributed by atoms with E-state index in [1.165, 1.54) is 6.08 Å². The third-order valence-electron chi connectivity index (χ3n) is 3.36. The van der Waals surface area contributed by atoms with Crippen molar-refractivity contribution in [2.75, 3.05) is 6.61 Å². The van der Waals surface area contributed by atoms with Crippen molar-refractivity contribution in [3.05, 3.63) is 24.8 Å². The Labute approximate surface area is 93.6 Å². The Hall–Kier alpha value is -1.58. The molecule has 0 saturated heterocycles. The van der Waals surface area contributed by atoms with E-state index in [0.29, 0.717) is 0 Å². The number of hydrogen-bond donors (Lipinski definition) is 1. The van der Waals surface area contributed by atoms with Crippen LogP contribution in [0.3, 0.4) is 0 Å². The minimum Gasteiger partial charge on any atom is -0.481 e. The highest BCUT2D eigenvalue weighted by molar-refractivity contribution is 5.83. The first kappa shape index (κ1) is 10.9. The van der Waals surface area contributed by atoms with Crippen LogP contribution in [0.2, 0.25) is 0 Å². The molecule has 0 radical (unpaired) electrons. The average Bonchev–Trinajstić information content (AvgIpc) is 2.84. The largest absolute Gasteiger partial charge is 0.481 e. The van der Waals surface area contributed by atoms with Gasteiger partial charge >= 0.3 is 11.9 Å². The summed E-state index contributed by atoms with van der Waals surface area (Å²) in [5.41, 5.74) is 0. The fourth-order valence-electron chi connectivity index (χ4n) is 2.72. The van der Waals surface area contributed by atoms with E-state index in [9.17, 15) is 9.59 Å². The van der Waals surface area contributed by atoms with Crippen LogP contribution in [0.15, 0.2) is 24.8 Å². The summed E-state index contributed by atoms with van der Waals surface area (Å²) in [5, 5.41) is 9.12. The van der Waals surface area contributed by atoms with Gasteiger partial charge in [0.2, 0.25) is 0 Å². The zero-order valence-corrected chi connectivity index (χ0v) is 8.83. The maximum absolute atomic E-state index is 11.7. The predicted molar refractivity (Wildman–Crippen MR) is 56.5 cm³/mol. The van der Waals surface area contributed by atoms with Crippen molar-refractivity contribution in [3.63, 3.8) is 0 Å².